The Morgan fingerprint density at radius 3 is 2.62 bits per heavy atom. The number of rotatable bonds is 5. The van der Waals surface area contributed by atoms with Gasteiger partial charge in [-0.3, -0.25) is 4.79 Å². The van der Waals surface area contributed by atoms with Gasteiger partial charge in [0.1, 0.15) is 0 Å². The van der Waals surface area contributed by atoms with Crippen LogP contribution in [0.4, 0.5) is 5.69 Å². The van der Waals surface area contributed by atoms with Gasteiger partial charge >= 0.3 is 5.97 Å². The van der Waals surface area contributed by atoms with E-state index < -0.39 is 5.97 Å². The predicted octanol–water partition coefficient (Wildman–Crippen LogP) is 3.37. The second-order valence-electron chi connectivity index (χ2n) is 5.42. The quantitative estimate of drug-likeness (QED) is 0.605. The summed E-state index contributed by atoms with van der Waals surface area (Å²) in [6.07, 6.45) is 0. The summed E-state index contributed by atoms with van der Waals surface area (Å²) in [6, 6.07) is 12.5. The van der Waals surface area contributed by atoms with E-state index in [-0.39, 0.29) is 24.1 Å². The Balaban J connectivity index is 1.92. The summed E-state index contributed by atoms with van der Waals surface area (Å²) >= 11 is 3.44. The number of benzene rings is 2. The third-order valence-electron chi connectivity index (χ3n) is 3.63. The maximum Gasteiger partial charge on any atom is 0.340 e. The third-order valence-corrected chi connectivity index (χ3v) is 4.35. The van der Waals surface area contributed by atoms with E-state index in [1.54, 1.807) is 25.1 Å². The number of para-hydroxylation sites is 1. The minimum Gasteiger partial charge on any atom is -0.452 e. The first-order valence-corrected chi connectivity index (χ1v) is 8.25. The molecule has 0 fully saturated rings. The Morgan fingerprint density at radius 1 is 1.21 bits per heavy atom. The fraction of sp³-hybridized carbons (Fsp3) is 0.222. The molecule has 0 aliphatic carbocycles. The Morgan fingerprint density at radius 2 is 1.92 bits per heavy atom. The van der Waals surface area contributed by atoms with Crippen LogP contribution in [0, 0.1) is 6.92 Å². The van der Waals surface area contributed by atoms with Crippen molar-refractivity contribution in [3.8, 4) is 0 Å². The number of amides is 1. The van der Waals surface area contributed by atoms with Crippen molar-refractivity contribution in [1.82, 2.24) is 5.32 Å². The summed E-state index contributed by atoms with van der Waals surface area (Å²) in [7, 11) is 0. The average molecular weight is 391 g/mol. The Kier molecular flexibility index (Phi) is 5.98. The molecule has 0 saturated carbocycles. The molecule has 0 bridgehead atoms. The van der Waals surface area contributed by atoms with Gasteiger partial charge in [0.2, 0.25) is 0 Å². The summed E-state index contributed by atoms with van der Waals surface area (Å²) in [6.45, 7) is 3.30. The van der Waals surface area contributed by atoms with Crippen LogP contribution in [0.25, 0.3) is 0 Å². The summed E-state index contributed by atoms with van der Waals surface area (Å²) in [4.78, 5) is 24.0. The van der Waals surface area contributed by atoms with E-state index in [1.165, 1.54) is 0 Å². The lowest BCUT2D eigenvalue weighted by atomic mass is 10.1. The molecule has 1 amide bonds. The summed E-state index contributed by atoms with van der Waals surface area (Å²) in [5, 5.41) is 2.79. The zero-order valence-electron chi connectivity index (χ0n) is 13.5. The number of esters is 1. The van der Waals surface area contributed by atoms with Crippen LogP contribution in [0.15, 0.2) is 46.9 Å². The number of aryl methyl sites for hydroxylation is 1. The maximum atomic E-state index is 12.0. The van der Waals surface area contributed by atoms with E-state index >= 15 is 0 Å². The molecule has 1 atom stereocenters. The molecule has 0 saturated heterocycles. The molecule has 24 heavy (non-hydrogen) atoms. The monoisotopic (exact) mass is 390 g/mol. The van der Waals surface area contributed by atoms with Crippen molar-refractivity contribution >= 4 is 33.5 Å². The van der Waals surface area contributed by atoms with Crippen LogP contribution >= 0.6 is 15.9 Å². The number of nitrogens with one attached hydrogen (secondary N) is 1. The standard InChI is InChI=1S/C18H19BrN2O3/c1-11-6-5-8-14(17(11)20)18(23)24-10-16(22)21-12(2)13-7-3-4-9-15(13)19/h3-9,12H,10,20H2,1-2H3,(H,21,22)/t12-/m1/s1. The molecule has 0 aliphatic rings. The largest absolute Gasteiger partial charge is 0.452 e. The van der Waals surface area contributed by atoms with Gasteiger partial charge in [-0.05, 0) is 37.1 Å². The lowest BCUT2D eigenvalue weighted by molar-refractivity contribution is -0.124. The lowest BCUT2D eigenvalue weighted by Crippen LogP contribution is -2.31. The van der Waals surface area contributed by atoms with E-state index in [2.05, 4.69) is 21.2 Å². The van der Waals surface area contributed by atoms with Crippen LogP contribution in [-0.2, 0) is 9.53 Å². The van der Waals surface area contributed by atoms with Crippen molar-refractivity contribution in [2.24, 2.45) is 0 Å². The minimum absolute atomic E-state index is 0.212. The highest BCUT2D eigenvalue weighted by Gasteiger charge is 2.16. The second kappa shape index (κ2) is 7.97. The molecule has 3 N–H and O–H groups in total. The second-order valence-corrected chi connectivity index (χ2v) is 6.28. The summed E-state index contributed by atoms with van der Waals surface area (Å²) in [5.74, 6) is -0.988. The highest BCUT2D eigenvalue weighted by Crippen LogP contribution is 2.22. The molecule has 2 rings (SSSR count). The molecule has 0 aromatic heterocycles. The lowest BCUT2D eigenvalue weighted by Gasteiger charge is -2.16. The molecular weight excluding hydrogens is 372 g/mol. The van der Waals surface area contributed by atoms with E-state index in [9.17, 15) is 9.59 Å². The van der Waals surface area contributed by atoms with E-state index in [1.807, 2.05) is 31.2 Å². The molecule has 6 heteroatoms. The number of hydrogen-bond acceptors (Lipinski definition) is 4. The Labute approximate surface area is 149 Å². The summed E-state index contributed by atoms with van der Waals surface area (Å²) < 4.78 is 5.95. The first kappa shape index (κ1) is 18.0. The molecule has 0 heterocycles. The van der Waals surface area contributed by atoms with Gasteiger partial charge in [-0.15, -0.1) is 0 Å². The highest BCUT2D eigenvalue weighted by molar-refractivity contribution is 9.10. The summed E-state index contributed by atoms with van der Waals surface area (Å²) in [5.41, 5.74) is 8.22. The molecule has 126 valence electrons. The van der Waals surface area contributed by atoms with Crippen molar-refractivity contribution in [3.63, 3.8) is 0 Å². The van der Waals surface area contributed by atoms with Crippen LogP contribution in [0.1, 0.15) is 34.5 Å². The van der Waals surface area contributed by atoms with Crippen LogP contribution in [-0.4, -0.2) is 18.5 Å². The van der Waals surface area contributed by atoms with Gasteiger partial charge in [0.15, 0.2) is 6.61 Å². The molecule has 2 aromatic carbocycles. The van der Waals surface area contributed by atoms with Crippen molar-refractivity contribution in [2.75, 3.05) is 12.3 Å². The molecule has 0 aliphatic heterocycles. The van der Waals surface area contributed by atoms with Crippen molar-refractivity contribution < 1.29 is 14.3 Å². The molecule has 0 spiro atoms. The Hall–Kier alpha value is -2.34. The van der Waals surface area contributed by atoms with E-state index in [4.69, 9.17) is 10.5 Å². The van der Waals surface area contributed by atoms with Gasteiger partial charge in [0.05, 0.1) is 11.6 Å². The number of carbonyl (C=O) groups is 2. The van der Waals surface area contributed by atoms with Crippen LogP contribution in [0.3, 0.4) is 0 Å². The topological polar surface area (TPSA) is 81.4 Å². The third kappa shape index (κ3) is 4.35. The predicted molar refractivity (Wildman–Crippen MR) is 96.6 cm³/mol. The molecule has 0 radical (unpaired) electrons. The SMILES string of the molecule is Cc1cccc(C(=O)OCC(=O)N[C@H](C)c2ccccc2Br)c1N. The molecule has 0 unspecified atom stereocenters. The van der Waals surface area contributed by atoms with Crippen molar-refractivity contribution in [2.45, 2.75) is 19.9 Å². The number of nitrogens with two attached hydrogens (primary N) is 1. The van der Waals surface area contributed by atoms with E-state index in [0.29, 0.717) is 5.69 Å². The zero-order valence-corrected chi connectivity index (χ0v) is 15.1. The van der Waals surface area contributed by atoms with Gasteiger partial charge in [0, 0.05) is 10.2 Å². The molecule has 5 nitrogen and oxygen atoms in total. The fourth-order valence-electron chi connectivity index (χ4n) is 2.25. The van der Waals surface area contributed by atoms with Crippen LogP contribution in [0.2, 0.25) is 0 Å². The van der Waals surface area contributed by atoms with Gasteiger partial charge in [-0.2, -0.15) is 0 Å². The number of ether oxygens (including phenoxy) is 1. The number of anilines is 1. The minimum atomic E-state index is -0.611. The van der Waals surface area contributed by atoms with Crippen molar-refractivity contribution in [3.05, 3.63) is 63.6 Å². The van der Waals surface area contributed by atoms with Gasteiger partial charge < -0.3 is 15.8 Å². The average Bonchev–Trinajstić information content (AvgIpc) is 2.55. The number of carbonyl (C=O) groups excluding carboxylic acids is 2. The number of halogens is 1. The van der Waals surface area contributed by atoms with Crippen molar-refractivity contribution in [1.29, 1.82) is 0 Å². The first-order chi connectivity index (χ1) is 11.4. The van der Waals surface area contributed by atoms with Gasteiger partial charge in [-0.1, -0.05) is 46.3 Å². The smallest absolute Gasteiger partial charge is 0.340 e. The van der Waals surface area contributed by atoms with Gasteiger partial charge in [0.25, 0.3) is 5.91 Å². The first-order valence-electron chi connectivity index (χ1n) is 7.46. The number of nitrogen functional groups attached to an aromatic ring is 1. The molecule has 2 aromatic rings. The Bertz CT molecular complexity index is 762. The zero-order chi connectivity index (χ0) is 17.7. The number of hydrogen-bond donors (Lipinski definition) is 2. The maximum absolute atomic E-state index is 12.0. The van der Waals surface area contributed by atoms with Crippen LogP contribution < -0.4 is 11.1 Å². The van der Waals surface area contributed by atoms with E-state index in [0.717, 1.165) is 15.6 Å². The fourth-order valence-corrected chi connectivity index (χ4v) is 2.88. The highest BCUT2D eigenvalue weighted by atomic mass is 79.9. The normalized spacial score (nSPS) is 11.6. The van der Waals surface area contributed by atoms with Crippen LogP contribution in [0.5, 0.6) is 0 Å². The molecular formula is C18H19BrN2O3. The van der Waals surface area contributed by atoms with Gasteiger partial charge in [-0.25, -0.2) is 4.79 Å².